The van der Waals surface area contributed by atoms with E-state index >= 15 is 0 Å². The summed E-state index contributed by atoms with van der Waals surface area (Å²) in [5.41, 5.74) is 2.31. The van der Waals surface area contributed by atoms with Crippen LogP contribution < -0.4 is 4.74 Å². The molecule has 2 aromatic carbocycles. The highest BCUT2D eigenvalue weighted by Crippen LogP contribution is 2.24. The minimum Gasteiger partial charge on any atom is -0.497 e. The predicted octanol–water partition coefficient (Wildman–Crippen LogP) is 4.56. The van der Waals surface area contributed by atoms with Crippen molar-refractivity contribution in [2.75, 3.05) is 13.7 Å². The number of ether oxygens (including phenoxy) is 2. The predicted molar refractivity (Wildman–Crippen MR) is 121 cm³/mol. The summed E-state index contributed by atoms with van der Waals surface area (Å²) < 4.78 is 11.5. The fraction of sp³-hybridized carbons (Fsp3) is 0.385. The molecule has 4 nitrogen and oxygen atoms in total. The molecule has 0 fully saturated rings. The van der Waals surface area contributed by atoms with Gasteiger partial charge >= 0.3 is 0 Å². The summed E-state index contributed by atoms with van der Waals surface area (Å²) in [5, 5.41) is 19.5. The van der Waals surface area contributed by atoms with E-state index in [-0.39, 0.29) is 24.5 Å². The number of hydrogen-bond acceptors (Lipinski definition) is 4. The van der Waals surface area contributed by atoms with Crippen LogP contribution in [0.3, 0.4) is 0 Å². The van der Waals surface area contributed by atoms with Crippen molar-refractivity contribution in [1.82, 2.24) is 0 Å². The lowest BCUT2D eigenvalue weighted by molar-refractivity contribution is -0.0451. The van der Waals surface area contributed by atoms with E-state index < -0.39 is 6.10 Å². The highest BCUT2D eigenvalue weighted by Gasteiger charge is 2.27. The van der Waals surface area contributed by atoms with Crippen molar-refractivity contribution < 1.29 is 19.7 Å². The first-order valence-corrected chi connectivity index (χ1v) is 10.5. The Kier molecular flexibility index (Phi) is 10.4. The Hall–Kier alpha value is -2.40. The van der Waals surface area contributed by atoms with Crippen LogP contribution in [0, 0.1) is 11.8 Å². The number of aliphatic hydroxyl groups is 2. The summed E-state index contributed by atoms with van der Waals surface area (Å²) in [5.74, 6) is 0.784. The lowest BCUT2D eigenvalue weighted by atomic mass is 9.88. The molecule has 0 aliphatic carbocycles. The maximum atomic E-state index is 10.5. The molecule has 2 rings (SSSR count). The molecule has 0 saturated carbocycles. The van der Waals surface area contributed by atoms with E-state index in [0.717, 1.165) is 17.7 Å². The second-order valence-corrected chi connectivity index (χ2v) is 7.56. The number of methoxy groups -OCH3 is 1. The van der Waals surface area contributed by atoms with Crippen molar-refractivity contribution in [3.63, 3.8) is 0 Å². The van der Waals surface area contributed by atoms with Crippen molar-refractivity contribution in [3.05, 3.63) is 90.0 Å². The first-order valence-electron chi connectivity index (χ1n) is 10.5. The molecule has 162 valence electrons. The Bertz CT molecular complexity index is 767. The molecular weight excluding hydrogens is 376 g/mol. The van der Waals surface area contributed by atoms with Crippen LogP contribution in [0.2, 0.25) is 0 Å². The largest absolute Gasteiger partial charge is 0.497 e. The molecule has 2 N–H and O–H groups in total. The van der Waals surface area contributed by atoms with Gasteiger partial charge in [0, 0.05) is 11.8 Å². The number of benzene rings is 2. The third-order valence-electron chi connectivity index (χ3n) is 5.25. The standard InChI is InChI=1S/C26H34O4/c1-20(9-7-12-22-10-5-4-6-11-22)26(21(2)25(28)13-8-18-27)30-19-23-14-16-24(29-3)17-15-23/h4-11,13-17,20-21,25-28H,12,18-19H2,1-3H3/b9-7+,13-8-/t20-,21+,25-,26-/m0/s1. The van der Waals surface area contributed by atoms with Crippen LogP contribution in [0.4, 0.5) is 0 Å². The van der Waals surface area contributed by atoms with Gasteiger partial charge in [-0.3, -0.25) is 0 Å². The zero-order valence-corrected chi connectivity index (χ0v) is 18.1. The number of allylic oxidation sites excluding steroid dienone is 1. The molecule has 0 spiro atoms. The van der Waals surface area contributed by atoms with Crippen molar-refractivity contribution in [2.45, 2.75) is 39.1 Å². The molecule has 0 saturated heterocycles. The van der Waals surface area contributed by atoms with Crippen LogP contribution in [-0.4, -0.2) is 36.1 Å². The van der Waals surface area contributed by atoms with Crippen molar-refractivity contribution in [2.24, 2.45) is 11.8 Å². The van der Waals surface area contributed by atoms with E-state index in [0.29, 0.717) is 6.61 Å². The van der Waals surface area contributed by atoms with E-state index in [4.69, 9.17) is 14.6 Å². The molecule has 0 aliphatic rings. The maximum Gasteiger partial charge on any atom is 0.118 e. The summed E-state index contributed by atoms with van der Waals surface area (Å²) in [7, 11) is 1.65. The van der Waals surface area contributed by atoms with Crippen molar-refractivity contribution in [1.29, 1.82) is 0 Å². The van der Waals surface area contributed by atoms with Gasteiger partial charge in [-0.15, -0.1) is 0 Å². The van der Waals surface area contributed by atoms with Gasteiger partial charge in [-0.2, -0.15) is 0 Å². The summed E-state index contributed by atoms with van der Waals surface area (Å²) >= 11 is 0. The Balaban J connectivity index is 2.06. The second kappa shape index (κ2) is 13.0. The van der Waals surface area contributed by atoms with Gasteiger partial charge in [-0.25, -0.2) is 0 Å². The van der Waals surface area contributed by atoms with Gasteiger partial charge in [0.2, 0.25) is 0 Å². The highest BCUT2D eigenvalue weighted by atomic mass is 16.5. The molecule has 2 aromatic rings. The van der Waals surface area contributed by atoms with E-state index in [2.05, 4.69) is 31.2 Å². The number of aliphatic hydroxyl groups excluding tert-OH is 2. The summed E-state index contributed by atoms with van der Waals surface area (Å²) in [6.45, 7) is 4.45. The summed E-state index contributed by atoms with van der Waals surface area (Å²) in [4.78, 5) is 0. The van der Waals surface area contributed by atoms with E-state index in [1.165, 1.54) is 5.56 Å². The average molecular weight is 411 g/mol. The summed E-state index contributed by atoms with van der Waals surface area (Å²) in [6.07, 6.45) is 7.50. The molecule has 4 heteroatoms. The second-order valence-electron chi connectivity index (χ2n) is 7.56. The molecule has 0 aromatic heterocycles. The van der Waals surface area contributed by atoms with Crippen LogP contribution in [0.1, 0.15) is 25.0 Å². The molecular formula is C26H34O4. The van der Waals surface area contributed by atoms with Gasteiger partial charge in [0.25, 0.3) is 0 Å². The summed E-state index contributed by atoms with van der Waals surface area (Å²) in [6, 6.07) is 18.1. The molecule has 0 amide bonds. The lowest BCUT2D eigenvalue weighted by Gasteiger charge is -2.30. The fourth-order valence-electron chi connectivity index (χ4n) is 3.41. The topological polar surface area (TPSA) is 58.9 Å². The molecule has 0 bridgehead atoms. The zero-order valence-electron chi connectivity index (χ0n) is 18.1. The van der Waals surface area contributed by atoms with Gasteiger partial charge in [0.15, 0.2) is 0 Å². The van der Waals surface area contributed by atoms with Crippen LogP contribution in [0.5, 0.6) is 5.75 Å². The molecule has 0 aliphatic heterocycles. The van der Waals surface area contributed by atoms with Gasteiger partial charge in [-0.1, -0.05) is 80.6 Å². The van der Waals surface area contributed by atoms with Gasteiger partial charge in [0.1, 0.15) is 5.75 Å². The van der Waals surface area contributed by atoms with Gasteiger partial charge in [0.05, 0.1) is 32.5 Å². The lowest BCUT2D eigenvalue weighted by Crippen LogP contribution is -2.35. The molecule has 30 heavy (non-hydrogen) atoms. The first kappa shape index (κ1) is 23.9. The Morgan fingerprint density at radius 3 is 2.23 bits per heavy atom. The maximum absolute atomic E-state index is 10.5. The fourth-order valence-corrected chi connectivity index (χ4v) is 3.41. The van der Waals surface area contributed by atoms with E-state index in [1.807, 2.05) is 49.4 Å². The monoisotopic (exact) mass is 410 g/mol. The van der Waals surface area contributed by atoms with Gasteiger partial charge in [-0.05, 0) is 29.7 Å². The van der Waals surface area contributed by atoms with Crippen molar-refractivity contribution in [3.8, 4) is 5.75 Å². The smallest absolute Gasteiger partial charge is 0.118 e. The molecule has 0 heterocycles. The minimum absolute atomic E-state index is 0.0896. The van der Waals surface area contributed by atoms with Crippen molar-refractivity contribution >= 4 is 0 Å². The van der Waals surface area contributed by atoms with Gasteiger partial charge < -0.3 is 19.7 Å². The third-order valence-corrected chi connectivity index (χ3v) is 5.25. The van der Waals surface area contributed by atoms with Crippen LogP contribution in [-0.2, 0) is 17.8 Å². The normalized spacial score (nSPS) is 15.9. The van der Waals surface area contributed by atoms with Crippen LogP contribution >= 0.6 is 0 Å². The molecule has 0 radical (unpaired) electrons. The Morgan fingerprint density at radius 2 is 1.60 bits per heavy atom. The first-order chi connectivity index (χ1) is 14.5. The van der Waals surface area contributed by atoms with E-state index in [9.17, 15) is 5.11 Å². The highest BCUT2D eigenvalue weighted by molar-refractivity contribution is 5.26. The average Bonchev–Trinajstić information content (AvgIpc) is 2.78. The molecule has 4 atom stereocenters. The quantitative estimate of drug-likeness (QED) is 0.504. The minimum atomic E-state index is -0.692. The number of hydrogen-bond donors (Lipinski definition) is 2. The number of rotatable bonds is 12. The van der Waals surface area contributed by atoms with E-state index in [1.54, 1.807) is 19.3 Å². The SMILES string of the molecule is COc1ccc(CO[C@H]([C@H](C)[C@@H](O)/C=C\CO)[C@@H](C)/C=C/Cc2ccccc2)cc1. The van der Waals surface area contributed by atoms with Crippen LogP contribution in [0.15, 0.2) is 78.9 Å². The third kappa shape index (κ3) is 7.79. The molecule has 0 unspecified atom stereocenters. The van der Waals surface area contributed by atoms with Crippen LogP contribution in [0.25, 0.3) is 0 Å². The Labute approximate surface area is 180 Å². The zero-order chi connectivity index (χ0) is 21.8. The Morgan fingerprint density at radius 1 is 0.900 bits per heavy atom.